The fourth-order valence-electron chi connectivity index (χ4n) is 8.43. The molecule has 51 heavy (non-hydrogen) atoms. The molecule has 4 heterocycles. The fourth-order valence-corrected chi connectivity index (χ4v) is 8.43. The zero-order chi connectivity index (χ0) is 36.5. The number of hydrogen-bond donors (Lipinski definition) is 1. The van der Waals surface area contributed by atoms with Crippen LogP contribution in [0.5, 0.6) is 0 Å². The molecule has 1 spiro atoms. The van der Waals surface area contributed by atoms with E-state index in [9.17, 15) is 24.8 Å². The first-order valence-electron chi connectivity index (χ1n) is 18.4. The molecule has 0 saturated carbocycles. The number of ketones is 1. The van der Waals surface area contributed by atoms with Crippen LogP contribution in [-0.2, 0) is 39.7 Å². The van der Waals surface area contributed by atoms with Crippen molar-refractivity contribution in [2.45, 2.75) is 121 Å². The Hall–Kier alpha value is -3.48. The van der Waals surface area contributed by atoms with Gasteiger partial charge >= 0.3 is 5.97 Å². The first-order valence-corrected chi connectivity index (χ1v) is 18.4. The van der Waals surface area contributed by atoms with Crippen molar-refractivity contribution in [1.29, 1.82) is 0 Å². The summed E-state index contributed by atoms with van der Waals surface area (Å²) in [5.41, 5.74) is 0.734. The molecule has 1 N–H and O–H groups in total. The van der Waals surface area contributed by atoms with Crippen molar-refractivity contribution in [2.24, 2.45) is 17.8 Å². The van der Waals surface area contributed by atoms with Gasteiger partial charge in [0.2, 0.25) is 0 Å². The molecule has 0 unspecified atom stereocenters. The highest BCUT2D eigenvalue weighted by Crippen LogP contribution is 2.46. The number of nitro benzene ring substituents is 1. The molecule has 10 atom stereocenters. The van der Waals surface area contributed by atoms with E-state index in [1.54, 1.807) is 25.1 Å². The third kappa shape index (κ3) is 7.69. The molecule has 0 aromatic heterocycles. The maximum Gasteiger partial charge on any atom is 0.316 e. The van der Waals surface area contributed by atoms with Gasteiger partial charge in [0.25, 0.3) is 5.69 Å². The minimum Gasteiger partial charge on any atom is -0.462 e. The van der Waals surface area contributed by atoms with E-state index in [0.717, 1.165) is 24.0 Å². The van der Waals surface area contributed by atoms with Gasteiger partial charge in [0, 0.05) is 37.3 Å². The number of nitro groups is 1. The minimum atomic E-state index is -1.89. The number of aliphatic hydroxyl groups is 1. The van der Waals surface area contributed by atoms with E-state index in [1.807, 2.05) is 32.1 Å². The van der Waals surface area contributed by atoms with E-state index in [0.29, 0.717) is 55.8 Å². The molecule has 11 heteroatoms. The Morgan fingerprint density at radius 1 is 1.14 bits per heavy atom. The zero-order valence-electron chi connectivity index (χ0n) is 30.2. The Bertz CT molecular complexity index is 1630. The van der Waals surface area contributed by atoms with Crippen LogP contribution in [0.1, 0.15) is 78.7 Å². The smallest absolute Gasteiger partial charge is 0.316 e. The number of hydrogen-bond acceptors (Lipinski definition) is 10. The topological polar surface area (TPSA) is 144 Å². The van der Waals surface area contributed by atoms with E-state index >= 15 is 0 Å². The van der Waals surface area contributed by atoms with Gasteiger partial charge in [-0.1, -0.05) is 63.3 Å². The Labute approximate surface area is 299 Å². The second-order valence-electron chi connectivity index (χ2n) is 15.0. The highest BCUT2D eigenvalue weighted by molar-refractivity contribution is 6.03. The fraction of sp³-hybridized carbons (Fsp3) is 0.600. The predicted molar refractivity (Wildman–Crippen MR) is 189 cm³/mol. The van der Waals surface area contributed by atoms with Crippen molar-refractivity contribution in [2.75, 3.05) is 13.2 Å². The molecule has 4 aliphatic heterocycles. The second kappa shape index (κ2) is 15.2. The standard InChI is InChI=1S/C40H51NO10/c1-6-34-24(2)15-17-39(51-34)22-32-21-31(50-39)14-13-26(4)36(47-18-16-28-10-8-12-30(20-28)41(45)46)25(3)9-7-11-29-23-48-37-35(42)27(5)19-33(38(43)49-32)40(29,37)44/h7-13,19-20,24-25,31-34,36-37,44H,6,14-18,21-23H2,1-5H3/b9-7+,26-13+,29-11+/t24-,25-,31+,32-,33-,34+,36+,37+,39+,40+/m0/s1. The van der Waals surface area contributed by atoms with Gasteiger partial charge in [-0.2, -0.15) is 0 Å². The average molecular weight is 706 g/mol. The van der Waals surface area contributed by atoms with Crippen LogP contribution >= 0.6 is 0 Å². The first kappa shape index (κ1) is 37.3. The molecular formula is C40H51NO10. The van der Waals surface area contributed by atoms with Gasteiger partial charge in [-0.25, -0.2) is 0 Å². The SMILES string of the molecule is CC[C@H]1O[C@]2(CC[C@@H]1C)C[C@@H]1C[C@@H](C/C=C(\C)[C@H](OCCc3cccc([N+](=O)[O-])c3)[C@@H](C)/C=C/C=C3\CO[C@@H]4C(=O)C(C)=C[C@@H](C(=O)O1)[C@]34O)O2. The summed E-state index contributed by atoms with van der Waals surface area (Å²) in [5.74, 6) is -2.74. The normalized spacial score (nSPS) is 39.9. The van der Waals surface area contributed by atoms with E-state index in [1.165, 1.54) is 12.1 Å². The minimum absolute atomic E-state index is 0.00845. The lowest BCUT2D eigenvalue weighted by Crippen LogP contribution is -2.57. The molecule has 0 radical (unpaired) electrons. The van der Waals surface area contributed by atoms with Crippen molar-refractivity contribution in [3.8, 4) is 0 Å². The highest BCUT2D eigenvalue weighted by atomic mass is 16.7. The van der Waals surface area contributed by atoms with Crippen molar-refractivity contribution in [3.05, 3.63) is 87.0 Å². The van der Waals surface area contributed by atoms with Crippen molar-refractivity contribution >= 4 is 17.4 Å². The van der Waals surface area contributed by atoms with Crippen LogP contribution in [0, 0.1) is 27.9 Å². The number of nitrogens with zero attached hydrogens (tertiary/aromatic N) is 1. The number of allylic oxidation sites excluding steroid dienone is 2. The largest absolute Gasteiger partial charge is 0.462 e. The van der Waals surface area contributed by atoms with Crippen LogP contribution in [0.2, 0.25) is 0 Å². The number of carbonyl (C=O) groups is 2. The van der Waals surface area contributed by atoms with Crippen LogP contribution in [0.3, 0.4) is 0 Å². The third-order valence-corrected chi connectivity index (χ3v) is 11.4. The quantitative estimate of drug-likeness (QED) is 0.156. The van der Waals surface area contributed by atoms with Gasteiger partial charge in [0.1, 0.15) is 17.6 Å². The van der Waals surface area contributed by atoms with Crippen molar-refractivity contribution < 1.29 is 43.3 Å². The van der Waals surface area contributed by atoms with Crippen molar-refractivity contribution in [3.63, 3.8) is 0 Å². The van der Waals surface area contributed by atoms with Crippen LogP contribution in [-0.4, -0.2) is 76.9 Å². The number of ether oxygens (including phenoxy) is 5. The Balaban J connectivity index is 1.34. The van der Waals surface area contributed by atoms with E-state index in [2.05, 4.69) is 19.9 Å². The Morgan fingerprint density at radius 3 is 2.71 bits per heavy atom. The summed E-state index contributed by atoms with van der Waals surface area (Å²) >= 11 is 0. The summed E-state index contributed by atoms with van der Waals surface area (Å²) in [4.78, 5) is 38.2. The van der Waals surface area contributed by atoms with Crippen LogP contribution in [0.4, 0.5) is 5.69 Å². The molecule has 1 aliphatic carbocycles. The Morgan fingerprint density at radius 2 is 1.94 bits per heavy atom. The molecule has 276 valence electrons. The van der Waals surface area contributed by atoms with Crippen molar-refractivity contribution in [1.82, 2.24) is 0 Å². The summed E-state index contributed by atoms with van der Waals surface area (Å²) in [7, 11) is 0. The number of benzene rings is 1. The number of esters is 1. The first-order chi connectivity index (χ1) is 24.3. The molecule has 11 nitrogen and oxygen atoms in total. The number of carbonyl (C=O) groups excluding carboxylic acids is 2. The molecule has 6 rings (SSSR count). The van der Waals surface area contributed by atoms with E-state index in [-0.39, 0.29) is 42.3 Å². The van der Waals surface area contributed by atoms with Gasteiger partial charge in [-0.05, 0) is 67.7 Å². The van der Waals surface area contributed by atoms with Crippen LogP contribution in [0.25, 0.3) is 0 Å². The van der Waals surface area contributed by atoms with E-state index < -0.39 is 40.4 Å². The molecule has 0 amide bonds. The van der Waals surface area contributed by atoms with Gasteiger partial charge in [0.15, 0.2) is 17.7 Å². The number of Topliss-reactive ketones (excluding diaryl/α,β-unsaturated/α-hetero) is 1. The van der Waals surface area contributed by atoms with Gasteiger partial charge in [-0.3, -0.25) is 19.7 Å². The monoisotopic (exact) mass is 705 g/mol. The van der Waals surface area contributed by atoms with Gasteiger partial charge in [0.05, 0.1) is 36.4 Å². The molecule has 2 bridgehead atoms. The van der Waals surface area contributed by atoms with E-state index in [4.69, 9.17) is 23.7 Å². The molecule has 1 aromatic rings. The zero-order valence-corrected chi connectivity index (χ0v) is 30.2. The number of fused-ring (bicyclic) bond motifs is 2. The molecular weight excluding hydrogens is 654 g/mol. The highest BCUT2D eigenvalue weighted by Gasteiger charge is 2.60. The summed E-state index contributed by atoms with van der Waals surface area (Å²) in [6.07, 6.45) is 11.1. The van der Waals surface area contributed by atoms with Crippen LogP contribution < -0.4 is 0 Å². The summed E-state index contributed by atoms with van der Waals surface area (Å²) < 4.78 is 32.1. The molecule has 3 fully saturated rings. The molecule has 1 aromatic carbocycles. The maximum absolute atomic E-state index is 14.1. The average Bonchev–Trinajstić information content (AvgIpc) is 3.44. The maximum atomic E-state index is 14.1. The lowest BCUT2D eigenvalue weighted by molar-refractivity contribution is -0.384. The predicted octanol–water partition coefficient (Wildman–Crippen LogP) is 6.28. The second-order valence-corrected chi connectivity index (χ2v) is 15.0. The lowest BCUT2D eigenvalue weighted by Gasteiger charge is -2.49. The Kier molecular flexibility index (Phi) is 11.1. The summed E-state index contributed by atoms with van der Waals surface area (Å²) in [6.45, 7) is 10.3. The molecule has 5 aliphatic rings. The number of non-ortho nitro benzene ring substituents is 1. The number of rotatable bonds is 6. The molecule has 3 saturated heterocycles. The lowest BCUT2D eigenvalue weighted by atomic mass is 9.71. The third-order valence-electron chi connectivity index (χ3n) is 11.4. The summed E-state index contributed by atoms with van der Waals surface area (Å²) in [6, 6.07) is 6.57. The van der Waals surface area contributed by atoms with Gasteiger partial charge in [-0.15, -0.1) is 0 Å². The van der Waals surface area contributed by atoms with Gasteiger partial charge < -0.3 is 28.8 Å². The van der Waals surface area contributed by atoms with Crippen LogP contribution in [0.15, 0.2) is 71.4 Å². The summed E-state index contributed by atoms with van der Waals surface area (Å²) in [5, 5.41) is 23.6.